The van der Waals surface area contributed by atoms with Crippen molar-refractivity contribution in [3.63, 3.8) is 0 Å². The van der Waals surface area contributed by atoms with E-state index in [9.17, 15) is 0 Å². The Morgan fingerprint density at radius 3 is 2.75 bits per heavy atom. The maximum Gasteiger partial charge on any atom is 0.158 e. The molecule has 4 nitrogen and oxygen atoms in total. The molecule has 1 fully saturated rings. The normalized spacial score (nSPS) is 17.9. The number of halogens is 1. The lowest BCUT2D eigenvalue weighted by molar-refractivity contribution is 0.128. The van der Waals surface area contributed by atoms with Gasteiger partial charge in [-0.15, -0.1) is 0 Å². The number of anilines is 1. The van der Waals surface area contributed by atoms with Crippen LogP contribution in [0, 0.1) is 5.41 Å². The summed E-state index contributed by atoms with van der Waals surface area (Å²) in [6.07, 6.45) is 6.60. The summed E-state index contributed by atoms with van der Waals surface area (Å²) in [7, 11) is 0. The predicted molar refractivity (Wildman–Crippen MR) is 82.1 cm³/mol. The van der Waals surface area contributed by atoms with Gasteiger partial charge in [-0.25, -0.2) is 9.97 Å². The summed E-state index contributed by atoms with van der Waals surface area (Å²) in [5, 5.41) is 3.89. The van der Waals surface area contributed by atoms with Crippen molar-refractivity contribution < 1.29 is 4.74 Å². The van der Waals surface area contributed by atoms with E-state index in [1.54, 1.807) is 6.07 Å². The molecule has 1 aromatic rings. The van der Waals surface area contributed by atoms with Gasteiger partial charge in [-0.3, -0.25) is 0 Å². The fraction of sp³-hybridized carbons (Fsp3) is 0.733. The van der Waals surface area contributed by atoms with Gasteiger partial charge in [-0.2, -0.15) is 0 Å². The Bertz CT molecular complexity index is 433. The van der Waals surface area contributed by atoms with Crippen LogP contribution >= 0.6 is 11.6 Å². The fourth-order valence-corrected chi connectivity index (χ4v) is 2.90. The lowest BCUT2D eigenvalue weighted by Crippen LogP contribution is -2.29. The average Bonchev–Trinajstić information content (AvgIpc) is 2.43. The fourth-order valence-electron chi connectivity index (χ4n) is 2.70. The monoisotopic (exact) mass is 297 g/mol. The van der Waals surface area contributed by atoms with Crippen LogP contribution in [-0.4, -0.2) is 23.1 Å². The van der Waals surface area contributed by atoms with Gasteiger partial charge in [0.2, 0.25) is 0 Å². The summed E-state index contributed by atoms with van der Waals surface area (Å²) in [6.45, 7) is 6.30. The highest BCUT2D eigenvalue weighted by Crippen LogP contribution is 2.35. The van der Waals surface area contributed by atoms with E-state index >= 15 is 0 Å². The van der Waals surface area contributed by atoms with Crippen LogP contribution in [0.15, 0.2) is 6.07 Å². The van der Waals surface area contributed by atoms with Crippen molar-refractivity contribution in [2.45, 2.75) is 52.6 Å². The smallest absolute Gasteiger partial charge is 0.158 e. The minimum Gasteiger partial charge on any atom is -0.374 e. The second kappa shape index (κ2) is 7.23. The Labute approximate surface area is 126 Å². The van der Waals surface area contributed by atoms with Gasteiger partial charge in [0.1, 0.15) is 17.6 Å². The molecule has 1 aliphatic rings. The average molecular weight is 298 g/mol. The van der Waals surface area contributed by atoms with E-state index in [1.807, 2.05) is 6.92 Å². The van der Waals surface area contributed by atoms with Crippen LogP contribution < -0.4 is 5.32 Å². The molecule has 1 heterocycles. The highest BCUT2D eigenvalue weighted by Gasteiger charge is 2.26. The Kier molecular flexibility index (Phi) is 5.61. The molecular weight excluding hydrogens is 274 g/mol. The first-order chi connectivity index (χ1) is 9.61. The van der Waals surface area contributed by atoms with E-state index in [4.69, 9.17) is 16.3 Å². The standard InChI is InChI=1S/C15H24ClN3O/c1-3-20-10-14-18-12(16)9-13(19-14)17-11-15(2)7-5-4-6-8-15/h9H,3-8,10-11H2,1-2H3,(H,17,18,19). The molecule has 0 radical (unpaired) electrons. The molecule has 0 atom stereocenters. The van der Waals surface area contributed by atoms with Crippen LogP contribution in [-0.2, 0) is 11.3 Å². The van der Waals surface area contributed by atoms with Gasteiger partial charge in [-0.05, 0) is 25.2 Å². The number of hydrogen-bond acceptors (Lipinski definition) is 4. The topological polar surface area (TPSA) is 47.0 Å². The predicted octanol–water partition coefficient (Wildman–Crippen LogP) is 4.05. The number of ether oxygens (including phenoxy) is 1. The number of rotatable bonds is 6. The third-order valence-corrected chi connectivity index (χ3v) is 4.13. The SMILES string of the molecule is CCOCc1nc(Cl)cc(NCC2(C)CCCCC2)n1. The zero-order valence-corrected chi connectivity index (χ0v) is 13.2. The van der Waals surface area contributed by atoms with E-state index in [0.717, 1.165) is 12.4 Å². The molecular formula is C15H24ClN3O. The van der Waals surface area contributed by atoms with E-state index < -0.39 is 0 Å². The van der Waals surface area contributed by atoms with Gasteiger partial charge in [0.25, 0.3) is 0 Å². The molecule has 0 aliphatic heterocycles. The highest BCUT2D eigenvalue weighted by atomic mass is 35.5. The maximum absolute atomic E-state index is 6.04. The summed E-state index contributed by atoms with van der Waals surface area (Å²) in [5.74, 6) is 1.43. The van der Waals surface area contributed by atoms with Gasteiger partial charge < -0.3 is 10.1 Å². The largest absolute Gasteiger partial charge is 0.374 e. The first kappa shape index (κ1) is 15.5. The Balaban J connectivity index is 1.96. The zero-order chi connectivity index (χ0) is 14.4. The molecule has 0 unspecified atom stereocenters. The van der Waals surface area contributed by atoms with Crippen molar-refractivity contribution in [3.05, 3.63) is 17.0 Å². The minimum atomic E-state index is 0.371. The van der Waals surface area contributed by atoms with Crippen LogP contribution in [0.2, 0.25) is 5.15 Å². The molecule has 5 heteroatoms. The number of nitrogens with zero attached hydrogens (tertiary/aromatic N) is 2. The highest BCUT2D eigenvalue weighted by molar-refractivity contribution is 6.29. The second-order valence-corrected chi connectivity index (χ2v) is 6.24. The summed E-state index contributed by atoms with van der Waals surface area (Å²) >= 11 is 6.04. The molecule has 112 valence electrons. The Hall–Kier alpha value is -0.870. The Morgan fingerprint density at radius 1 is 1.30 bits per heavy atom. The molecule has 2 rings (SSSR count). The summed E-state index contributed by atoms with van der Waals surface area (Å²) in [4.78, 5) is 8.63. The van der Waals surface area contributed by atoms with Crippen molar-refractivity contribution in [3.8, 4) is 0 Å². The van der Waals surface area contributed by atoms with Gasteiger partial charge in [0.15, 0.2) is 5.82 Å². The van der Waals surface area contributed by atoms with Gasteiger partial charge in [0, 0.05) is 19.2 Å². The van der Waals surface area contributed by atoms with E-state index in [0.29, 0.717) is 29.6 Å². The molecule has 20 heavy (non-hydrogen) atoms. The van der Waals surface area contributed by atoms with Crippen molar-refractivity contribution in [2.75, 3.05) is 18.5 Å². The molecule has 1 saturated carbocycles. The minimum absolute atomic E-state index is 0.371. The van der Waals surface area contributed by atoms with Gasteiger partial charge >= 0.3 is 0 Å². The van der Waals surface area contributed by atoms with E-state index in [-0.39, 0.29) is 0 Å². The molecule has 0 spiro atoms. The molecule has 0 amide bonds. The van der Waals surface area contributed by atoms with E-state index in [2.05, 4.69) is 22.2 Å². The summed E-state index contributed by atoms with van der Waals surface area (Å²) in [6, 6.07) is 1.78. The number of aromatic nitrogens is 2. The third kappa shape index (κ3) is 4.60. The lowest BCUT2D eigenvalue weighted by atomic mass is 9.76. The van der Waals surface area contributed by atoms with Crippen LogP contribution in [0.4, 0.5) is 5.82 Å². The molecule has 1 N–H and O–H groups in total. The van der Waals surface area contributed by atoms with Crippen LogP contribution in [0.1, 0.15) is 51.8 Å². The van der Waals surface area contributed by atoms with Gasteiger partial charge in [-0.1, -0.05) is 37.8 Å². The number of hydrogen-bond donors (Lipinski definition) is 1. The first-order valence-corrected chi connectivity index (χ1v) is 7.84. The Morgan fingerprint density at radius 2 is 2.05 bits per heavy atom. The first-order valence-electron chi connectivity index (χ1n) is 7.46. The van der Waals surface area contributed by atoms with Crippen molar-refractivity contribution >= 4 is 17.4 Å². The van der Waals surface area contributed by atoms with Crippen LogP contribution in [0.25, 0.3) is 0 Å². The molecule has 1 aromatic heterocycles. The summed E-state index contributed by atoms with van der Waals surface area (Å²) in [5.41, 5.74) is 0.371. The number of nitrogens with one attached hydrogen (secondary N) is 1. The molecule has 0 saturated heterocycles. The molecule has 1 aliphatic carbocycles. The lowest BCUT2D eigenvalue weighted by Gasteiger charge is -2.33. The van der Waals surface area contributed by atoms with Crippen LogP contribution in [0.3, 0.4) is 0 Å². The molecule has 0 aromatic carbocycles. The maximum atomic E-state index is 6.04. The zero-order valence-electron chi connectivity index (χ0n) is 12.4. The quantitative estimate of drug-likeness (QED) is 0.805. The van der Waals surface area contributed by atoms with Crippen molar-refractivity contribution in [2.24, 2.45) is 5.41 Å². The second-order valence-electron chi connectivity index (χ2n) is 5.85. The van der Waals surface area contributed by atoms with Crippen molar-refractivity contribution in [1.82, 2.24) is 9.97 Å². The summed E-state index contributed by atoms with van der Waals surface area (Å²) < 4.78 is 5.33. The molecule has 0 bridgehead atoms. The third-order valence-electron chi connectivity index (χ3n) is 3.93. The van der Waals surface area contributed by atoms with Crippen LogP contribution in [0.5, 0.6) is 0 Å². The van der Waals surface area contributed by atoms with Gasteiger partial charge in [0.05, 0.1) is 0 Å². The van der Waals surface area contributed by atoms with E-state index in [1.165, 1.54) is 32.1 Å². The van der Waals surface area contributed by atoms with Crippen molar-refractivity contribution in [1.29, 1.82) is 0 Å².